The number of nitrogens with zero attached hydrogens (tertiary/aromatic N) is 2. The second-order valence-electron chi connectivity index (χ2n) is 13.2. The molecule has 2 saturated heterocycles. The number of aliphatic hydroxyl groups is 1. The molecule has 2 aliphatic heterocycles. The highest BCUT2D eigenvalue weighted by atomic mass is 16.5. The molecule has 3 aliphatic rings. The third-order valence-corrected chi connectivity index (χ3v) is 10.2. The molecule has 2 aromatic carbocycles. The van der Waals surface area contributed by atoms with E-state index in [1.54, 1.807) is 0 Å². The number of methoxy groups -OCH3 is 1. The van der Waals surface area contributed by atoms with Gasteiger partial charge < -0.3 is 30.5 Å². The first kappa shape index (κ1) is 34.4. The highest BCUT2D eigenvalue weighted by Gasteiger charge is 2.55. The monoisotopic (exact) mass is 648 g/mol. The second-order valence-corrected chi connectivity index (χ2v) is 13.2. The minimum atomic E-state index is -1.10. The zero-order chi connectivity index (χ0) is 33.6. The summed E-state index contributed by atoms with van der Waals surface area (Å²) in [6.45, 7) is 4.93. The van der Waals surface area contributed by atoms with E-state index in [1.165, 1.54) is 25.3 Å². The molecule has 1 saturated carbocycles. The third kappa shape index (κ3) is 7.62. The number of carbonyl (C=O) groups is 4. The SMILES string of the molecule is CCCCN1C(=O)[C@@H]([C@H](O)C2CCCCC2)NC(=O)C12CCN(Cc1ccc(CNC(=O)c3ccc(C(=O)O)cc3OC)cc1)CC2. The van der Waals surface area contributed by atoms with Gasteiger partial charge in [-0.3, -0.25) is 19.3 Å². The van der Waals surface area contributed by atoms with Crippen molar-refractivity contribution in [3.63, 3.8) is 0 Å². The van der Waals surface area contributed by atoms with Crippen molar-refractivity contribution in [2.75, 3.05) is 26.7 Å². The standard InChI is InChI=1S/C36H48N4O7/c1-3-4-18-40-33(43)30(31(41)26-8-6-5-7-9-26)38-35(46)36(40)16-19-39(20-17-36)23-25-12-10-24(11-13-25)22-37-32(42)28-15-14-27(34(44)45)21-29(28)47-2/h10-15,21,26,30-31,41H,3-9,16-20,22-23H2,1-2H3,(H,37,42)(H,38,46)(H,44,45)/t30-,31-/m1/s1. The van der Waals surface area contributed by atoms with Crippen LogP contribution >= 0.6 is 0 Å². The Labute approximate surface area is 276 Å². The molecule has 4 N–H and O–H groups in total. The first-order valence-corrected chi connectivity index (χ1v) is 17.0. The maximum Gasteiger partial charge on any atom is 0.335 e. The van der Waals surface area contributed by atoms with Gasteiger partial charge in [0.25, 0.3) is 5.91 Å². The first-order valence-electron chi connectivity index (χ1n) is 17.0. The quantitative estimate of drug-likeness (QED) is 0.272. The maximum absolute atomic E-state index is 13.9. The largest absolute Gasteiger partial charge is 0.496 e. The Hall–Kier alpha value is -3.96. The molecular weight excluding hydrogens is 600 g/mol. The lowest BCUT2D eigenvalue weighted by molar-refractivity contribution is -0.166. The van der Waals surface area contributed by atoms with Crippen molar-refractivity contribution in [1.82, 2.24) is 20.4 Å². The van der Waals surface area contributed by atoms with E-state index in [-0.39, 0.29) is 40.5 Å². The number of piperazine rings is 1. The molecule has 3 fully saturated rings. The predicted molar refractivity (Wildman–Crippen MR) is 176 cm³/mol. The van der Waals surface area contributed by atoms with Crippen molar-refractivity contribution in [2.45, 2.75) is 95.5 Å². The molecule has 0 aromatic heterocycles. The smallest absolute Gasteiger partial charge is 0.335 e. The fourth-order valence-corrected chi connectivity index (χ4v) is 7.35. The highest BCUT2D eigenvalue weighted by molar-refractivity contribution is 6.00. The number of carboxylic acids is 1. The van der Waals surface area contributed by atoms with Crippen LogP contribution in [0.25, 0.3) is 0 Å². The van der Waals surface area contributed by atoms with Gasteiger partial charge in [0.1, 0.15) is 17.3 Å². The number of hydrogen-bond acceptors (Lipinski definition) is 7. The molecule has 2 atom stereocenters. The summed E-state index contributed by atoms with van der Waals surface area (Å²) in [5, 5.41) is 26.2. The Balaban J connectivity index is 1.16. The normalized spacial score (nSPS) is 20.9. The van der Waals surface area contributed by atoms with Gasteiger partial charge in [-0.1, -0.05) is 56.9 Å². The van der Waals surface area contributed by atoms with Crippen LogP contribution in [0.15, 0.2) is 42.5 Å². The van der Waals surface area contributed by atoms with E-state index in [0.29, 0.717) is 45.6 Å². The maximum atomic E-state index is 13.9. The molecule has 47 heavy (non-hydrogen) atoms. The number of likely N-dealkylation sites (tertiary alicyclic amines) is 1. The molecule has 1 aliphatic carbocycles. The van der Waals surface area contributed by atoms with Crippen LogP contribution < -0.4 is 15.4 Å². The van der Waals surface area contributed by atoms with Crippen LogP contribution in [0.1, 0.15) is 96.6 Å². The van der Waals surface area contributed by atoms with Gasteiger partial charge in [-0.05, 0) is 67.3 Å². The highest BCUT2D eigenvalue weighted by Crippen LogP contribution is 2.36. The predicted octanol–water partition coefficient (Wildman–Crippen LogP) is 3.73. The van der Waals surface area contributed by atoms with Gasteiger partial charge >= 0.3 is 5.97 Å². The molecule has 2 heterocycles. The lowest BCUT2D eigenvalue weighted by Gasteiger charge is -2.52. The molecule has 11 nitrogen and oxygen atoms in total. The number of carboxylic acid groups (broad SMARTS) is 1. The third-order valence-electron chi connectivity index (χ3n) is 10.2. The van der Waals surface area contributed by atoms with Crippen LogP contribution in [0.3, 0.4) is 0 Å². The van der Waals surface area contributed by atoms with Gasteiger partial charge in [0, 0.05) is 32.7 Å². The van der Waals surface area contributed by atoms with E-state index in [0.717, 1.165) is 56.1 Å². The Kier molecular flexibility index (Phi) is 11.2. The van der Waals surface area contributed by atoms with Crippen LogP contribution in [0.2, 0.25) is 0 Å². The Morgan fingerprint density at radius 3 is 2.36 bits per heavy atom. The number of ether oxygens (including phenoxy) is 1. The molecule has 11 heteroatoms. The molecule has 0 unspecified atom stereocenters. The van der Waals surface area contributed by atoms with Gasteiger partial charge in [-0.2, -0.15) is 0 Å². The number of hydrogen-bond donors (Lipinski definition) is 4. The van der Waals surface area contributed by atoms with Crippen LogP contribution in [0, 0.1) is 5.92 Å². The van der Waals surface area contributed by atoms with E-state index in [9.17, 15) is 29.4 Å². The van der Waals surface area contributed by atoms with E-state index < -0.39 is 23.7 Å². The fraction of sp³-hybridized carbons (Fsp3) is 0.556. The Morgan fingerprint density at radius 1 is 1.04 bits per heavy atom. The Morgan fingerprint density at radius 2 is 1.72 bits per heavy atom. The number of nitrogens with one attached hydrogen (secondary N) is 2. The van der Waals surface area contributed by atoms with Crippen molar-refractivity contribution >= 4 is 23.7 Å². The van der Waals surface area contributed by atoms with Gasteiger partial charge in [0.05, 0.1) is 24.3 Å². The molecule has 3 amide bonds. The van der Waals surface area contributed by atoms with Gasteiger partial charge in [0.15, 0.2) is 0 Å². The topological polar surface area (TPSA) is 149 Å². The minimum Gasteiger partial charge on any atom is -0.496 e. The van der Waals surface area contributed by atoms with Crippen molar-refractivity contribution in [3.05, 3.63) is 64.7 Å². The van der Waals surface area contributed by atoms with Crippen LogP contribution in [0.5, 0.6) is 5.75 Å². The molecule has 1 spiro atoms. The lowest BCUT2D eigenvalue weighted by Crippen LogP contribution is -2.75. The number of benzene rings is 2. The lowest BCUT2D eigenvalue weighted by atomic mass is 9.78. The van der Waals surface area contributed by atoms with Crippen LogP contribution in [-0.4, -0.2) is 88.1 Å². The average Bonchev–Trinajstić information content (AvgIpc) is 3.10. The molecule has 0 radical (unpaired) electrons. The van der Waals surface area contributed by atoms with Gasteiger partial charge in [-0.25, -0.2) is 4.79 Å². The summed E-state index contributed by atoms with van der Waals surface area (Å²) >= 11 is 0. The number of piperidine rings is 1. The summed E-state index contributed by atoms with van der Waals surface area (Å²) < 4.78 is 5.22. The zero-order valence-electron chi connectivity index (χ0n) is 27.5. The van der Waals surface area contributed by atoms with Crippen molar-refractivity contribution in [2.24, 2.45) is 5.92 Å². The van der Waals surface area contributed by atoms with Crippen molar-refractivity contribution in [1.29, 1.82) is 0 Å². The Bertz CT molecular complexity index is 1430. The first-order chi connectivity index (χ1) is 22.7. The van der Waals surface area contributed by atoms with E-state index in [1.807, 2.05) is 29.2 Å². The molecule has 5 rings (SSSR count). The number of amides is 3. The number of carbonyl (C=O) groups excluding carboxylic acids is 3. The molecular formula is C36H48N4O7. The van der Waals surface area contributed by atoms with E-state index in [2.05, 4.69) is 22.5 Å². The van der Waals surface area contributed by atoms with Gasteiger partial charge in [-0.15, -0.1) is 0 Å². The van der Waals surface area contributed by atoms with Crippen molar-refractivity contribution < 1.29 is 34.1 Å². The number of rotatable bonds is 12. The molecule has 254 valence electrons. The number of aliphatic hydroxyl groups excluding tert-OH is 1. The summed E-state index contributed by atoms with van der Waals surface area (Å²) in [4.78, 5) is 55.8. The number of unbranched alkanes of at least 4 members (excludes halogenated alkanes) is 1. The average molecular weight is 649 g/mol. The molecule has 2 aromatic rings. The summed E-state index contributed by atoms with van der Waals surface area (Å²) in [5.74, 6) is -1.48. The number of aromatic carboxylic acids is 1. The summed E-state index contributed by atoms with van der Waals surface area (Å²) in [6, 6.07) is 11.2. The minimum absolute atomic E-state index is 0.0421. The van der Waals surface area contributed by atoms with Crippen molar-refractivity contribution in [3.8, 4) is 5.75 Å². The van der Waals surface area contributed by atoms with E-state index >= 15 is 0 Å². The second kappa shape index (κ2) is 15.3. The summed E-state index contributed by atoms with van der Waals surface area (Å²) in [6.07, 6.45) is 7.01. The molecule has 0 bridgehead atoms. The zero-order valence-corrected chi connectivity index (χ0v) is 27.5. The summed E-state index contributed by atoms with van der Waals surface area (Å²) in [5.41, 5.74) is 1.43. The summed E-state index contributed by atoms with van der Waals surface area (Å²) in [7, 11) is 1.39. The fourth-order valence-electron chi connectivity index (χ4n) is 7.35. The van der Waals surface area contributed by atoms with E-state index in [4.69, 9.17) is 4.74 Å². The van der Waals surface area contributed by atoms with Crippen LogP contribution in [-0.2, 0) is 22.7 Å². The van der Waals surface area contributed by atoms with Crippen LogP contribution in [0.4, 0.5) is 0 Å². The van der Waals surface area contributed by atoms with Gasteiger partial charge in [0.2, 0.25) is 11.8 Å².